The van der Waals surface area contributed by atoms with Crippen LogP contribution < -0.4 is 10.5 Å². The van der Waals surface area contributed by atoms with E-state index in [-0.39, 0.29) is 34.9 Å². The molecule has 0 bridgehead atoms. The van der Waals surface area contributed by atoms with Crippen LogP contribution in [-0.2, 0) is 7.05 Å². The van der Waals surface area contributed by atoms with Gasteiger partial charge >= 0.3 is 0 Å². The van der Waals surface area contributed by atoms with Crippen LogP contribution in [0.1, 0.15) is 42.3 Å². The topological polar surface area (TPSA) is 88.9 Å². The number of fused-ring (bicyclic) bond motifs is 1. The number of anilines is 1. The van der Waals surface area contributed by atoms with Gasteiger partial charge in [-0.3, -0.25) is 9.69 Å². The van der Waals surface area contributed by atoms with Gasteiger partial charge < -0.3 is 9.47 Å². The van der Waals surface area contributed by atoms with Crippen molar-refractivity contribution in [1.82, 2.24) is 14.5 Å². The molecule has 0 N–H and O–H groups in total. The summed E-state index contributed by atoms with van der Waals surface area (Å²) in [5.41, 5.74) is 3.64. The van der Waals surface area contributed by atoms with Crippen molar-refractivity contribution >= 4 is 39.9 Å². The molecule has 196 valence electrons. The fourth-order valence-electron chi connectivity index (χ4n) is 5.53. The van der Waals surface area contributed by atoms with Gasteiger partial charge in [0.1, 0.15) is 28.9 Å². The molecule has 2 atom stereocenters. The second kappa shape index (κ2) is 10.7. The molecule has 2 aromatic heterocycles. The van der Waals surface area contributed by atoms with E-state index < -0.39 is 0 Å². The minimum Gasteiger partial charge on any atom is -0.363 e. The molecule has 0 amide bonds. The first-order valence-corrected chi connectivity index (χ1v) is 13.4. The first kappa shape index (κ1) is 26.7. The fraction of sp³-hybridized carbons (Fsp3) is 0.267. The van der Waals surface area contributed by atoms with E-state index in [1.165, 1.54) is 4.57 Å². The van der Waals surface area contributed by atoms with Gasteiger partial charge in [0.2, 0.25) is 0 Å². The van der Waals surface area contributed by atoms with Crippen molar-refractivity contribution in [2.45, 2.75) is 32.0 Å². The highest BCUT2D eigenvalue weighted by atomic mass is 35.5. The van der Waals surface area contributed by atoms with E-state index in [4.69, 9.17) is 23.2 Å². The molecule has 39 heavy (non-hydrogen) atoms. The lowest BCUT2D eigenvalue weighted by molar-refractivity contribution is 0.130. The van der Waals surface area contributed by atoms with Crippen molar-refractivity contribution in [3.8, 4) is 12.1 Å². The molecule has 3 heterocycles. The Morgan fingerprint density at radius 2 is 1.46 bits per heavy atom. The maximum absolute atomic E-state index is 13.2. The highest BCUT2D eigenvalue weighted by Gasteiger charge is 2.37. The number of nitrogens with zero attached hydrogens (tertiary/aromatic N) is 6. The maximum atomic E-state index is 13.2. The number of piperazine rings is 1. The zero-order valence-electron chi connectivity index (χ0n) is 21.8. The SMILES string of the molecule is C[C@@H]1CN(c2c(C#N)c(=O)n(C)c3ccc(C#N)nc23)[C@@H](C)CN1C(c1ccc(Cl)cc1)c1ccc(Cl)cc1. The number of aryl methyl sites for hydroxylation is 1. The second-order valence-corrected chi connectivity index (χ2v) is 10.8. The van der Waals surface area contributed by atoms with Gasteiger partial charge in [-0.2, -0.15) is 10.5 Å². The number of nitriles is 2. The van der Waals surface area contributed by atoms with Crippen molar-refractivity contribution in [3.05, 3.63) is 103 Å². The molecule has 0 spiro atoms. The average Bonchev–Trinajstić information content (AvgIpc) is 2.94. The van der Waals surface area contributed by atoms with Gasteiger partial charge in [0.25, 0.3) is 5.56 Å². The summed E-state index contributed by atoms with van der Waals surface area (Å²) in [5.74, 6) is 0. The van der Waals surface area contributed by atoms with Crippen LogP contribution in [0.25, 0.3) is 11.0 Å². The highest BCUT2D eigenvalue weighted by Crippen LogP contribution is 2.37. The predicted molar refractivity (Wildman–Crippen MR) is 154 cm³/mol. The predicted octanol–water partition coefficient (Wildman–Crippen LogP) is 5.67. The molecule has 1 aliphatic heterocycles. The van der Waals surface area contributed by atoms with Gasteiger partial charge in [-0.05, 0) is 61.4 Å². The fourth-order valence-corrected chi connectivity index (χ4v) is 5.78. The normalized spacial score (nSPS) is 17.8. The van der Waals surface area contributed by atoms with Gasteiger partial charge in [0.05, 0.1) is 17.2 Å². The lowest BCUT2D eigenvalue weighted by Gasteiger charge is -2.48. The Morgan fingerprint density at radius 1 is 0.872 bits per heavy atom. The maximum Gasteiger partial charge on any atom is 0.270 e. The standard InChI is InChI=1S/C30H26Cl2N6O/c1-18-17-38(29-25(15-34)30(39)36(3)26-13-12-24(14-33)35-27(26)29)19(2)16-37(18)28(20-4-8-22(31)9-5-20)21-6-10-23(32)11-7-21/h4-13,18-19,28H,16-17H2,1-3H3/t18-,19+/m1/s1. The largest absolute Gasteiger partial charge is 0.363 e. The molecular formula is C30H26Cl2N6O. The van der Waals surface area contributed by atoms with Gasteiger partial charge in [-0.25, -0.2) is 4.98 Å². The van der Waals surface area contributed by atoms with Gasteiger partial charge in [0.15, 0.2) is 0 Å². The Kier molecular flexibility index (Phi) is 7.34. The average molecular weight is 557 g/mol. The summed E-state index contributed by atoms with van der Waals surface area (Å²) in [6.45, 7) is 5.42. The van der Waals surface area contributed by atoms with E-state index in [9.17, 15) is 15.3 Å². The monoisotopic (exact) mass is 556 g/mol. The smallest absolute Gasteiger partial charge is 0.270 e. The summed E-state index contributed by atoms with van der Waals surface area (Å²) in [6, 6.07) is 23.2. The van der Waals surface area contributed by atoms with Crippen molar-refractivity contribution in [1.29, 1.82) is 10.5 Å². The quantitative estimate of drug-likeness (QED) is 0.321. The first-order valence-electron chi connectivity index (χ1n) is 12.6. The molecule has 1 saturated heterocycles. The van der Waals surface area contributed by atoms with E-state index in [1.807, 2.05) is 48.5 Å². The summed E-state index contributed by atoms with van der Waals surface area (Å²) in [6.07, 6.45) is 0. The first-order chi connectivity index (χ1) is 18.7. The molecule has 1 fully saturated rings. The molecule has 7 nitrogen and oxygen atoms in total. The lowest BCUT2D eigenvalue weighted by Crippen LogP contribution is -2.58. The van der Waals surface area contributed by atoms with Crippen molar-refractivity contribution < 1.29 is 0 Å². The molecule has 4 aromatic rings. The van der Waals surface area contributed by atoms with Crippen LogP contribution in [0.3, 0.4) is 0 Å². The van der Waals surface area contributed by atoms with Crippen molar-refractivity contribution in [2.24, 2.45) is 7.05 Å². The third-order valence-electron chi connectivity index (χ3n) is 7.47. The Bertz CT molecular complexity index is 1640. The molecule has 0 aliphatic carbocycles. The van der Waals surface area contributed by atoms with E-state index in [1.54, 1.807) is 19.2 Å². The second-order valence-electron chi connectivity index (χ2n) is 9.93. The van der Waals surface area contributed by atoms with Crippen LogP contribution in [0, 0.1) is 22.7 Å². The summed E-state index contributed by atoms with van der Waals surface area (Å²) in [7, 11) is 1.62. The number of aromatic nitrogens is 2. The Hall–Kier alpha value is -3.88. The number of benzene rings is 2. The zero-order valence-corrected chi connectivity index (χ0v) is 23.3. The zero-order chi connectivity index (χ0) is 27.8. The minimum absolute atomic E-state index is 0.0300. The van der Waals surface area contributed by atoms with Crippen molar-refractivity contribution in [3.63, 3.8) is 0 Å². The van der Waals surface area contributed by atoms with E-state index in [0.717, 1.165) is 11.1 Å². The van der Waals surface area contributed by atoms with Gasteiger partial charge in [-0.15, -0.1) is 0 Å². The molecule has 2 aromatic carbocycles. The van der Waals surface area contributed by atoms with Gasteiger partial charge in [-0.1, -0.05) is 47.5 Å². The Morgan fingerprint density at radius 3 is 2.00 bits per heavy atom. The van der Waals surface area contributed by atoms with E-state index in [2.05, 4.69) is 40.8 Å². The van der Waals surface area contributed by atoms with Crippen LogP contribution >= 0.6 is 23.2 Å². The van der Waals surface area contributed by atoms with E-state index in [0.29, 0.717) is 39.9 Å². The third kappa shape index (κ3) is 4.86. The molecule has 0 unspecified atom stereocenters. The number of halogens is 2. The van der Waals surface area contributed by atoms with Crippen LogP contribution in [0.2, 0.25) is 10.0 Å². The molecule has 5 rings (SSSR count). The number of hydrogen-bond acceptors (Lipinski definition) is 6. The molecule has 9 heteroatoms. The Balaban J connectivity index is 1.61. The van der Waals surface area contributed by atoms with Crippen LogP contribution in [0.15, 0.2) is 65.5 Å². The summed E-state index contributed by atoms with van der Waals surface area (Å²) < 4.78 is 1.42. The number of hydrogen-bond donors (Lipinski definition) is 0. The summed E-state index contributed by atoms with van der Waals surface area (Å²) >= 11 is 12.4. The van der Waals surface area contributed by atoms with E-state index >= 15 is 0 Å². The van der Waals surface area contributed by atoms with Crippen LogP contribution in [0.4, 0.5) is 5.69 Å². The van der Waals surface area contributed by atoms with Gasteiger partial charge in [0, 0.05) is 42.3 Å². The summed E-state index contributed by atoms with van der Waals surface area (Å²) in [5, 5.41) is 20.9. The summed E-state index contributed by atoms with van der Waals surface area (Å²) in [4.78, 5) is 22.3. The lowest BCUT2D eigenvalue weighted by atomic mass is 9.93. The van der Waals surface area contributed by atoms with Crippen molar-refractivity contribution in [2.75, 3.05) is 18.0 Å². The molecule has 0 radical (unpaired) electrons. The molecule has 0 saturated carbocycles. The third-order valence-corrected chi connectivity index (χ3v) is 7.97. The molecular weight excluding hydrogens is 531 g/mol. The Labute approximate surface area is 237 Å². The van der Waals surface area contributed by atoms with Crippen LogP contribution in [-0.4, -0.2) is 39.6 Å². The minimum atomic E-state index is -0.381. The molecule has 1 aliphatic rings. The number of pyridine rings is 2. The van der Waals surface area contributed by atoms with Crippen LogP contribution in [0.5, 0.6) is 0 Å². The highest BCUT2D eigenvalue weighted by molar-refractivity contribution is 6.30. The number of rotatable bonds is 4.